The first kappa shape index (κ1) is 13.1. The van der Waals surface area contributed by atoms with Gasteiger partial charge < -0.3 is 11.1 Å². The number of aromatic nitrogens is 3. The van der Waals surface area contributed by atoms with Gasteiger partial charge in [0, 0.05) is 18.9 Å². The fourth-order valence-corrected chi connectivity index (χ4v) is 1.79. The van der Waals surface area contributed by atoms with Gasteiger partial charge in [0.15, 0.2) is 5.69 Å². The third kappa shape index (κ3) is 2.73. The first-order valence-corrected chi connectivity index (χ1v) is 6.13. The maximum atomic E-state index is 12.0. The molecule has 0 unspecified atom stereocenters. The Hall–Kier alpha value is -2.37. The Balaban J connectivity index is 2.06. The predicted octanol–water partition coefficient (Wildman–Crippen LogP) is 1.19. The second kappa shape index (κ2) is 5.51. The predicted molar refractivity (Wildman–Crippen MR) is 72.5 cm³/mol. The molecule has 2 rings (SSSR count). The molecule has 0 aliphatic rings. The summed E-state index contributed by atoms with van der Waals surface area (Å²) in [7, 11) is 0. The van der Waals surface area contributed by atoms with Crippen LogP contribution in [-0.2, 0) is 13.0 Å². The van der Waals surface area contributed by atoms with Crippen LogP contribution in [0.2, 0.25) is 0 Å². The number of H-pyrrole nitrogens is 1. The minimum Gasteiger partial charge on any atom is -0.395 e. The molecular formula is C13H17N5O. The number of hydrogen-bond acceptors (Lipinski definition) is 4. The first-order valence-electron chi connectivity index (χ1n) is 6.13. The van der Waals surface area contributed by atoms with E-state index in [4.69, 9.17) is 5.73 Å². The molecule has 6 heteroatoms. The normalized spacial score (nSPS) is 10.4. The van der Waals surface area contributed by atoms with Crippen molar-refractivity contribution in [2.24, 2.45) is 0 Å². The molecule has 0 aromatic carbocycles. The van der Waals surface area contributed by atoms with Crippen molar-refractivity contribution < 1.29 is 4.79 Å². The van der Waals surface area contributed by atoms with Crippen LogP contribution in [0.4, 0.5) is 5.69 Å². The lowest BCUT2D eigenvalue weighted by atomic mass is 10.1. The molecule has 19 heavy (non-hydrogen) atoms. The number of amides is 1. The van der Waals surface area contributed by atoms with E-state index in [0.29, 0.717) is 12.2 Å². The number of pyridine rings is 1. The summed E-state index contributed by atoms with van der Waals surface area (Å²) >= 11 is 0. The number of anilines is 1. The van der Waals surface area contributed by atoms with Crippen LogP contribution < -0.4 is 11.1 Å². The fraction of sp³-hybridized carbons (Fsp3) is 0.308. The van der Waals surface area contributed by atoms with Crippen molar-refractivity contribution in [1.82, 2.24) is 20.5 Å². The van der Waals surface area contributed by atoms with Crippen molar-refractivity contribution in [1.29, 1.82) is 0 Å². The summed E-state index contributed by atoms with van der Waals surface area (Å²) < 4.78 is 0. The fourth-order valence-electron chi connectivity index (χ4n) is 1.79. The van der Waals surface area contributed by atoms with Gasteiger partial charge in [0.05, 0.1) is 11.4 Å². The molecule has 0 saturated heterocycles. The quantitative estimate of drug-likeness (QED) is 0.768. The van der Waals surface area contributed by atoms with Crippen molar-refractivity contribution in [3.8, 4) is 0 Å². The Morgan fingerprint density at radius 3 is 2.95 bits per heavy atom. The van der Waals surface area contributed by atoms with E-state index in [1.807, 2.05) is 19.9 Å². The van der Waals surface area contributed by atoms with Crippen LogP contribution in [0.3, 0.4) is 0 Å². The molecule has 0 spiro atoms. The largest absolute Gasteiger partial charge is 0.395 e. The summed E-state index contributed by atoms with van der Waals surface area (Å²) in [6.07, 6.45) is 4.18. The molecule has 2 heterocycles. The number of hydrogen-bond donors (Lipinski definition) is 3. The third-order valence-corrected chi connectivity index (χ3v) is 3.03. The number of aromatic amines is 1. The third-order valence-electron chi connectivity index (χ3n) is 3.03. The highest BCUT2D eigenvalue weighted by Crippen LogP contribution is 2.14. The van der Waals surface area contributed by atoms with Crippen molar-refractivity contribution in [3.05, 3.63) is 41.0 Å². The summed E-state index contributed by atoms with van der Waals surface area (Å²) in [5.41, 5.74) is 9.36. The van der Waals surface area contributed by atoms with Gasteiger partial charge in [0.1, 0.15) is 0 Å². The Morgan fingerprint density at radius 1 is 1.53 bits per heavy atom. The number of carbonyl (C=O) groups is 1. The molecule has 0 fully saturated rings. The molecule has 4 N–H and O–H groups in total. The monoisotopic (exact) mass is 259 g/mol. The summed E-state index contributed by atoms with van der Waals surface area (Å²) in [6, 6.07) is 1.88. The van der Waals surface area contributed by atoms with Gasteiger partial charge in [0.25, 0.3) is 5.91 Å². The standard InChI is InChI=1S/C13H17N5O/c1-3-10-11(14)12(18-17-10)13(19)16-7-9-4-5-15-6-8(9)2/h4-6H,3,7,14H2,1-2H3,(H,16,19)(H,17,18). The Morgan fingerprint density at radius 2 is 2.32 bits per heavy atom. The van der Waals surface area contributed by atoms with Crippen LogP contribution >= 0.6 is 0 Å². The average molecular weight is 259 g/mol. The number of nitrogens with one attached hydrogen (secondary N) is 2. The minimum absolute atomic E-state index is 0.253. The molecule has 0 saturated carbocycles. The van der Waals surface area contributed by atoms with Gasteiger partial charge in [-0.2, -0.15) is 5.10 Å². The highest BCUT2D eigenvalue weighted by molar-refractivity contribution is 5.97. The lowest BCUT2D eigenvalue weighted by molar-refractivity contribution is 0.0946. The molecule has 0 atom stereocenters. The number of carbonyl (C=O) groups excluding carboxylic acids is 1. The topological polar surface area (TPSA) is 96.7 Å². The Bertz CT molecular complexity index is 590. The van der Waals surface area contributed by atoms with Crippen molar-refractivity contribution in [3.63, 3.8) is 0 Å². The Kier molecular flexibility index (Phi) is 3.79. The zero-order valence-corrected chi connectivity index (χ0v) is 11.0. The number of nitrogens with two attached hydrogens (primary N) is 1. The number of nitrogens with zero attached hydrogens (tertiary/aromatic N) is 2. The van der Waals surface area contributed by atoms with Crippen LogP contribution in [0.5, 0.6) is 0 Å². The molecule has 0 radical (unpaired) electrons. The zero-order valence-electron chi connectivity index (χ0n) is 11.0. The van der Waals surface area contributed by atoms with Gasteiger partial charge in [-0.15, -0.1) is 0 Å². The molecule has 0 bridgehead atoms. The Labute approximate surface area is 111 Å². The first-order chi connectivity index (χ1) is 9.13. The number of aryl methyl sites for hydroxylation is 2. The van der Waals surface area contributed by atoms with Gasteiger partial charge in [0.2, 0.25) is 0 Å². The second-order valence-corrected chi connectivity index (χ2v) is 4.30. The van der Waals surface area contributed by atoms with Crippen molar-refractivity contribution >= 4 is 11.6 Å². The summed E-state index contributed by atoms with van der Waals surface area (Å²) in [5.74, 6) is -0.273. The van der Waals surface area contributed by atoms with Crippen molar-refractivity contribution in [2.45, 2.75) is 26.8 Å². The zero-order chi connectivity index (χ0) is 13.8. The SMILES string of the molecule is CCc1[nH]nc(C(=O)NCc2ccncc2C)c1N. The van der Waals surface area contributed by atoms with E-state index in [2.05, 4.69) is 20.5 Å². The maximum Gasteiger partial charge on any atom is 0.274 e. The van der Waals surface area contributed by atoms with E-state index in [0.717, 1.165) is 23.2 Å². The van der Waals surface area contributed by atoms with E-state index >= 15 is 0 Å². The molecule has 0 aliphatic carbocycles. The van der Waals surface area contributed by atoms with Gasteiger partial charge in [-0.05, 0) is 30.5 Å². The summed E-state index contributed by atoms with van der Waals surface area (Å²) in [4.78, 5) is 16.0. The van der Waals surface area contributed by atoms with E-state index in [1.165, 1.54) is 0 Å². The van der Waals surface area contributed by atoms with Gasteiger partial charge in [-0.3, -0.25) is 14.9 Å². The molecular weight excluding hydrogens is 242 g/mol. The summed E-state index contributed by atoms with van der Waals surface area (Å²) in [6.45, 7) is 4.33. The molecule has 0 aliphatic heterocycles. The van der Waals surface area contributed by atoms with Gasteiger partial charge in [-0.25, -0.2) is 0 Å². The summed E-state index contributed by atoms with van der Waals surface area (Å²) in [5, 5.41) is 9.52. The smallest absolute Gasteiger partial charge is 0.274 e. The average Bonchev–Trinajstić information content (AvgIpc) is 2.78. The van der Waals surface area contributed by atoms with E-state index < -0.39 is 0 Å². The maximum absolute atomic E-state index is 12.0. The van der Waals surface area contributed by atoms with Crippen molar-refractivity contribution in [2.75, 3.05) is 5.73 Å². The van der Waals surface area contributed by atoms with E-state index in [-0.39, 0.29) is 11.6 Å². The van der Waals surface area contributed by atoms with E-state index in [1.54, 1.807) is 12.4 Å². The van der Waals surface area contributed by atoms with Crippen LogP contribution in [0, 0.1) is 6.92 Å². The van der Waals surface area contributed by atoms with E-state index in [9.17, 15) is 4.79 Å². The molecule has 2 aromatic rings. The van der Waals surface area contributed by atoms with Gasteiger partial charge in [-0.1, -0.05) is 6.92 Å². The van der Waals surface area contributed by atoms with Crippen LogP contribution in [-0.4, -0.2) is 21.1 Å². The second-order valence-electron chi connectivity index (χ2n) is 4.30. The minimum atomic E-state index is -0.273. The molecule has 2 aromatic heterocycles. The molecule has 100 valence electrons. The number of rotatable bonds is 4. The number of nitrogen functional groups attached to an aromatic ring is 1. The van der Waals surface area contributed by atoms with Crippen LogP contribution in [0.25, 0.3) is 0 Å². The van der Waals surface area contributed by atoms with Crippen LogP contribution in [0.1, 0.15) is 34.2 Å². The molecule has 6 nitrogen and oxygen atoms in total. The highest BCUT2D eigenvalue weighted by Gasteiger charge is 2.16. The highest BCUT2D eigenvalue weighted by atomic mass is 16.1. The lowest BCUT2D eigenvalue weighted by Gasteiger charge is -2.06. The van der Waals surface area contributed by atoms with Gasteiger partial charge >= 0.3 is 0 Å². The molecule has 1 amide bonds. The van der Waals surface area contributed by atoms with Crippen LogP contribution in [0.15, 0.2) is 18.5 Å². The lowest BCUT2D eigenvalue weighted by Crippen LogP contribution is -2.24.